The van der Waals surface area contributed by atoms with Crippen LogP contribution in [0.5, 0.6) is 0 Å². The molecule has 4 heteroatoms. The minimum Gasteiger partial charge on any atom is -0.380 e. The molecule has 1 fully saturated rings. The van der Waals surface area contributed by atoms with Crippen LogP contribution in [0.15, 0.2) is 12.2 Å². The number of amides is 1. The van der Waals surface area contributed by atoms with Gasteiger partial charge in [-0.25, -0.2) is 0 Å². The van der Waals surface area contributed by atoms with Crippen LogP contribution in [0, 0.1) is 0 Å². The Kier molecular flexibility index (Phi) is 4.29. The molecule has 1 heterocycles. The highest BCUT2D eigenvalue weighted by molar-refractivity contribution is 5.73. The van der Waals surface area contributed by atoms with Gasteiger partial charge >= 0.3 is 0 Å². The summed E-state index contributed by atoms with van der Waals surface area (Å²) in [6.07, 6.45) is 0. The molecule has 1 amide bonds. The van der Waals surface area contributed by atoms with E-state index in [1.54, 1.807) is 14.0 Å². The van der Waals surface area contributed by atoms with Gasteiger partial charge in [0, 0.05) is 33.7 Å². The van der Waals surface area contributed by atoms with E-state index in [9.17, 15) is 4.79 Å². The lowest BCUT2D eigenvalue weighted by molar-refractivity contribution is -0.131. The van der Waals surface area contributed by atoms with Crippen molar-refractivity contribution in [3.05, 3.63) is 12.2 Å². The highest BCUT2D eigenvalue weighted by Crippen LogP contribution is 2.14. The van der Waals surface area contributed by atoms with Gasteiger partial charge in [0.1, 0.15) is 0 Å². The van der Waals surface area contributed by atoms with Crippen molar-refractivity contribution in [2.24, 2.45) is 0 Å². The van der Waals surface area contributed by atoms with Gasteiger partial charge in [-0.2, -0.15) is 0 Å². The number of piperazine rings is 1. The molecule has 86 valence electrons. The van der Waals surface area contributed by atoms with Crippen LogP contribution >= 0.6 is 0 Å². The van der Waals surface area contributed by atoms with Gasteiger partial charge in [0.05, 0.1) is 12.6 Å². The summed E-state index contributed by atoms with van der Waals surface area (Å²) in [4.78, 5) is 15.4. The highest BCUT2D eigenvalue weighted by atomic mass is 16.5. The van der Waals surface area contributed by atoms with Gasteiger partial charge in [-0.3, -0.25) is 9.69 Å². The number of rotatable bonds is 3. The van der Waals surface area contributed by atoms with Crippen molar-refractivity contribution in [1.82, 2.24) is 9.80 Å². The Hall–Kier alpha value is -0.870. The minimum atomic E-state index is 0.137. The molecule has 1 atom stereocenters. The normalized spacial score (nSPS) is 22.9. The fourth-order valence-electron chi connectivity index (χ4n) is 1.88. The summed E-state index contributed by atoms with van der Waals surface area (Å²) >= 11 is 0. The van der Waals surface area contributed by atoms with E-state index in [-0.39, 0.29) is 11.9 Å². The van der Waals surface area contributed by atoms with E-state index >= 15 is 0 Å². The van der Waals surface area contributed by atoms with Crippen LogP contribution in [0.25, 0.3) is 0 Å². The first-order valence-electron chi connectivity index (χ1n) is 5.18. The second-order valence-electron chi connectivity index (χ2n) is 4.05. The molecule has 0 radical (unpaired) electrons. The van der Waals surface area contributed by atoms with Crippen LogP contribution in [-0.2, 0) is 9.53 Å². The maximum absolute atomic E-state index is 11.3. The summed E-state index contributed by atoms with van der Waals surface area (Å²) < 4.78 is 5.07. The molecule has 0 aromatic rings. The standard InChI is InChI=1S/C11H20N2O2/c1-9(8-15-4)11-7-13(10(2)14)6-5-12(11)3/h11H,1,5-8H2,2-4H3. The maximum atomic E-state index is 11.3. The predicted molar refractivity (Wildman–Crippen MR) is 59.7 cm³/mol. The van der Waals surface area contributed by atoms with Crippen LogP contribution in [0.2, 0.25) is 0 Å². The molecule has 1 unspecified atom stereocenters. The van der Waals surface area contributed by atoms with Crippen molar-refractivity contribution < 1.29 is 9.53 Å². The number of carbonyl (C=O) groups is 1. The third-order valence-corrected chi connectivity index (χ3v) is 2.89. The molecule has 0 spiro atoms. The number of methoxy groups -OCH3 is 1. The topological polar surface area (TPSA) is 32.8 Å². The number of carbonyl (C=O) groups excluding carboxylic acids is 1. The molecule has 1 saturated heterocycles. The molecule has 1 rings (SSSR count). The zero-order chi connectivity index (χ0) is 11.4. The second kappa shape index (κ2) is 5.28. The van der Waals surface area contributed by atoms with Gasteiger partial charge in [0.2, 0.25) is 5.91 Å². The van der Waals surface area contributed by atoms with Crippen LogP contribution in [0.4, 0.5) is 0 Å². The summed E-state index contributed by atoms with van der Waals surface area (Å²) in [7, 11) is 3.72. The largest absolute Gasteiger partial charge is 0.380 e. The molecule has 0 saturated carbocycles. The van der Waals surface area contributed by atoms with Crippen molar-refractivity contribution >= 4 is 5.91 Å². The summed E-state index contributed by atoms with van der Waals surface area (Å²) in [5.41, 5.74) is 1.03. The van der Waals surface area contributed by atoms with E-state index in [0.717, 1.165) is 25.2 Å². The van der Waals surface area contributed by atoms with Crippen LogP contribution in [0.1, 0.15) is 6.92 Å². The lowest BCUT2D eigenvalue weighted by Gasteiger charge is -2.39. The Balaban J connectivity index is 2.60. The van der Waals surface area contributed by atoms with E-state index in [1.165, 1.54) is 0 Å². The van der Waals surface area contributed by atoms with Crippen LogP contribution in [0.3, 0.4) is 0 Å². The van der Waals surface area contributed by atoms with Gasteiger partial charge in [-0.1, -0.05) is 6.58 Å². The second-order valence-corrected chi connectivity index (χ2v) is 4.05. The van der Waals surface area contributed by atoms with E-state index in [0.29, 0.717) is 6.61 Å². The van der Waals surface area contributed by atoms with E-state index < -0.39 is 0 Å². The van der Waals surface area contributed by atoms with Crippen molar-refractivity contribution in [1.29, 1.82) is 0 Å². The SMILES string of the molecule is C=C(COC)C1CN(C(C)=O)CCN1C. The van der Waals surface area contributed by atoms with E-state index in [1.807, 2.05) is 4.90 Å². The van der Waals surface area contributed by atoms with Crippen molar-refractivity contribution in [3.8, 4) is 0 Å². The van der Waals surface area contributed by atoms with Gasteiger partial charge < -0.3 is 9.64 Å². The van der Waals surface area contributed by atoms with Crippen molar-refractivity contribution in [2.75, 3.05) is 40.4 Å². The predicted octanol–water partition coefficient (Wildman–Crippen LogP) is 0.352. The van der Waals surface area contributed by atoms with Crippen LogP contribution < -0.4 is 0 Å². The molecule has 4 nitrogen and oxygen atoms in total. The first-order chi connectivity index (χ1) is 7.06. The van der Waals surface area contributed by atoms with Crippen LogP contribution in [-0.4, -0.2) is 62.1 Å². The quantitative estimate of drug-likeness (QED) is 0.633. The summed E-state index contributed by atoms with van der Waals surface area (Å²) in [5.74, 6) is 0.137. The average molecular weight is 212 g/mol. The number of likely N-dealkylation sites (N-methyl/N-ethyl adjacent to an activating group) is 1. The monoisotopic (exact) mass is 212 g/mol. The molecule has 1 aliphatic heterocycles. The Morgan fingerprint density at radius 1 is 1.53 bits per heavy atom. The first kappa shape index (κ1) is 12.2. The molecular formula is C11H20N2O2. The number of ether oxygens (including phenoxy) is 1. The Bertz CT molecular complexity index is 253. The third-order valence-electron chi connectivity index (χ3n) is 2.89. The van der Waals surface area contributed by atoms with Gasteiger partial charge in [0.15, 0.2) is 0 Å². The number of nitrogens with zero attached hydrogens (tertiary/aromatic N) is 2. The van der Waals surface area contributed by atoms with Crippen molar-refractivity contribution in [2.45, 2.75) is 13.0 Å². The smallest absolute Gasteiger partial charge is 0.219 e. The molecular weight excluding hydrogens is 192 g/mol. The first-order valence-corrected chi connectivity index (χ1v) is 5.18. The minimum absolute atomic E-state index is 0.137. The van der Waals surface area contributed by atoms with E-state index in [2.05, 4.69) is 18.5 Å². The number of hydrogen-bond donors (Lipinski definition) is 0. The van der Waals surface area contributed by atoms with Gasteiger partial charge in [-0.05, 0) is 12.6 Å². The average Bonchev–Trinajstić information content (AvgIpc) is 2.18. The molecule has 0 aromatic heterocycles. The lowest BCUT2D eigenvalue weighted by atomic mass is 10.1. The summed E-state index contributed by atoms with van der Waals surface area (Å²) in [5, 5.41) is 0. The van der Waals surface area contributed by atoms with Gasteiger partial charge in [-0.15, -0.1) is 0 Å². The Morgan fingerprint density at radius 3 is 2.73 bits per heavy atom. The molecule has 0 aliphatic carbocycles. The van der Waals surface area contributed by atoms with Crippen molar-refractivity contribution in [3.63, 3.8) is 0 Å². The highest BCUT2D eigenvalue weighted by Gasteiger charge is 2.27. The lowest BCUT2D eigenvalue weighted by Crippen LogP contribution is -2.53. The zero-order valence-electron chi connectivity index (χ0n) is 9.82. The zero-order valence-corrected chi connectivity index (χ0v) is 9.82. The Labute approximate surface area is 91.5 Å². The third kappa shape index (κ3) is 3.04. The fourth-order valence-corrected chi connectivity index (χ4v) is 1.88. The molecule has 1 aliphatic rings. The summed E-state index contributed by atoms with van der Waals surface area (Å²) in [6, 6.07) is 0.225. The molecule has 15 heavy (non-hydrogen) atoms. The molecule has 0 N–H and O–H groups in total. The maximum Gasteiger partial charge on any atom is 0.219 e. The summed E-state index contributed by atoms with van der Waals surface area (Å²) in [6.45, 7) is 8.61. The van der Waals surface area contributed by atoms with E-state index in [4.69, 9.17) is 4.74 Å². The molecule has 0 aromatic carbocycles. The Morgan fingerprint density at radius 2 is 2.20 bits per heavy atom. The number of hydrogen-bond acceptors (Lipinski definition) is 3. The fraction of sp³-hybridized carbons (Fsp3) is 0.727. The molecule has 0 bridgehead atoms. The van der Waals surface area contributed by atoms with Gasteiger partial charge in [0.25, 0.3) is 0 Å².